The molecule has 2 nitrogen and oxygen atoms in total. The van der Waals surface area contributed by atoms with Gasteiger partial charge in [0.15, 0.2) is 0 Å². The first kappa shape index (κ1) is 11.7. The van der Waals surface area contributed by atoms with Gasteiger partial charge in [-0.1, -0.05) is 30.3 Å². The third-order valence-electron chi connectivity index (χ3n) is 2.30. The molecule has 0 saturated carbocycles. The third kappa shape index (κ3) is 2.34. The number of halogens is 3. The predicted molar refractivity (Wildman–Crippen MR) is 55.1 cm³/mol. The van der Waals surface area contributed by atoms with E-state index in [4.69, 9.17) is 9.52 Å². The second-order valence-electron chi connectivity index (χ2n) is 3.49. The van der Waals surface area contributed by atoms with Gasteiger partial charge in [-0.3, -0.25) is 0 Å². The maximum atomic E-state index is 12.6. The molecule has 17 heavy (non-hydrogen) atoms. The third-order valence-corrected chi connectivity index (χ3v) is 2.30. The van der Waals surface area contributed by atoms with Crippen molar-refractivity contribution in [3.05, 3.63) is 47.7 Å². The highest BCUT2D eigenvalue weighted by Crippen LogP contribution is 2.37. The Labute approximate surface area is 95.3 Å². The molecule has 1 heterocycles. The number of furan rings is 1. The molecule has 0 aliphatic rings. The Kier molecular flexibility index (Phi) is 2.93. The molecule has 0 aliphatic heterocycles. The molecule has 0 radical (unpaired) electrons. The molecule has 0 spiro atoms. The summed E-state index contributed by atoms with van der Waals surface area (Å²) in [5, 5.41) is 8.88. The predicted octanol–water partition coefficient (Wildman–Crippen LogP) is 3.46. The highest BCUT2D eigenvalue weighted by Gasteiger charge is 2.38. The normalized spacial score (nSPS) is 11.8. The Morgan fingerprint density at radius 1 is 1.12 bits per heavy atom. The monoisotopic (exact) mass is 242 g/mol. The number of benzene rings is 1. The minimum atomic E-state index is -4.59. The standard InChI is InChI=1S/C12H9F3O2/c13-12(14,15)11-9(7-16)6-10(17-11)8-4-2-1-3-5-8/h1-6,16H,7H2. The van der Waals surface area contributed by atoms with Crippen LogP contribution in [0.5, 0.6) is 0 Å². The lowest BCUT2D eigenvalue weighted by atomic mass is 10.1. The summed E-state index contributed by atoms with van der Waals surface area (Å²) in [6, 6.07) is 9.63. The first-order chi connectivity index (χ1) is 8.02. The number of aliphatic hydroxyl groups excluding tert-OH is 1. The van der Waals surface area contributed by atoms with Gasteiger partial charge in [-0.25, -0.2) is 0 Å². The van der Waals surface area contributed by atoms with Crippen molar-refractivity contribution in [2.75, 3.05) is 0 Å². The van der Waals surface area contributed by atoms with Gasteiger partial charge in [0.05, 0.1) is 6.61 Å². The molecule has 1 aromatic carbocycles. The summed E-state index contributed by atoms with van der Waals surface area (Å²) in [6.07, 6.45) is -4.59. The van der Waals surface area contributed by atoms with E-state index in [9.17, 15) is 13.2 Å². The summed E-state index contributed by atoms with van der Waals surface area (Å²) in [5.74, 6) is -1.04. The van der Waals surface area contributed by atoms with Crippen molar-refractivity contribution < 1.29 is 22.7 Å². The van der Waals surface area contributed by atoms with Crippen molar-refractivity contribution in [3.63, 3.8) is 0 Å². The Balaban J connectivity index is 2.49. The van der Waals surface area contributed by atoms with Crippen LogP contribution in [0.4, 0.5) is 13.2 Å². The van der Waals surface area contributed by atoms with Crippen LogP contribution in [-0.4, -0.2) is 5.11 Å². The second kappa shape index (κ2) is 4.25. The fraction of sp³-hybridized carbons (Fsp3) is 0.167. The lowest BCUT2D eigenvalue weighted by Gasteiger charge is -2.03. The summed E-state index contributed by atoms with van der Waals surface area (Å²) in [7, 11) is 0. The fourth-order valence-electron chi connectivity index (χ4n) is 1.53. The smallest absolute Gasteiger partial charge is 0.449 e. The molecule has 1 aromatic heterocycles. The van der Waals surface area contributed by atoms with E-state index in [0.717, 1.165) is 0 Å². The molecule has 0 saturated heterocycles. The van der Waals surface area contributed by atoms with E-state index in [0.29, 0.717) is 5.56 Å². The minimum absolute atomic E-state index is 0.0991. The van der Waals surface area contributed by atoms with E-state index in [-0.39, 0.29) is 11.3 Å². The summed E-state index contributed by atoms with van der Waals surface area (Å²) < 4.78 is 42.4. The first-order valence-electron chi connectivity index (χ1n) is 4.88. The molecule has 2 aromatic rings. The van der Waals surface area contributed by atoms with Crippen LogP contribution in [0.3, 0.4) is 0 Å². The maximum absolute atomic E-state index is 12.6. The summed E-state index contributed by atoms with van der Waals surface area (Å²) >= 11 is 0. The van der Waals surface area contributed by atoms with Crippen LogP contribution >= 0.6 is 0 Å². The quantitative estimate of drug-likeness (QED) is 0.874. The Bertz CT molecular complexity index is 500. The zero-order valence-electron chi connectivity index (χ0n) is 8.66. The Hall–Kier alpha value is -1.75. The average Bonchev–Trinajstić information content (AvgIpc) is 2.74. The van der Waals surface area contributed by atoms with Crippen LogP contribution in [0.15, 0.2) is 40.8 Å². The van der Waals surface area contributed by atoms with Crippen LogP contribution < -0.4 is 0 Å². The van der Waals surface area contributed by atoms with Crippen LogP contribution in [0.25, 0.3) is 11.3 Å². The van der Waals surface area contributed by atoms with Crippen molar-refractivity contribution >= 4 is 0 Å². The van der Waals surface area contributed by atoms with Gasteiger partial charge in [0, 0.05) is 11.1 Å². The molecule has 0 unspecified atom stereocenters. The summed E-state index contributed by atoms with van der Waals surface area (Å²) in [5.41, 5.74) is 0.286. The molecule has 0 atom stereocenters. The molecule has 0 amide bonds. The number of rotatable bonds is 2. The number of aliphatic hydroxyl groups is 1. The molecular weight excluding hydrogens is 233 g/mol. The zero-order valence-corrected chi connectivity index (χ0v) is 8.66. The van der Waals surface area contributed by atoms with Crippen LogP contribution in [0.1, 0.15) is 11.3 Å². The van der Waals surface area contributed by atoms with E-state index in [1.807, 2.05) is 0 Å². The Morgan fingerprint density at radius 2 is 1.76 bits per heavy atom. The summed E-state index contributed by atoms with van der Waals surface area (Å²) in [6.45, 7) is -0.703. The molecule has 0 fully saturated rings. The number of hydrogen-bond donors (Lipinski definition) is 1. The largest absolute Gasteiger partial charge is 0.451 e. The van der Waals surface area contributed by atoms with E-state index in [2.05, 4.69) is 0 Å². The van der Waals surface area contributed by atoms with Gasteiger partial charge in [-0.15, -0.1) is 0 Å². The topological polar surface area (TPSA) is 33.4 Å². The van der Waals surface area contributed by atoms with E-state index in [1.54, 1.807) is 30.3 Å². The van der Waals surface area contributed by atoms with Gasteiger partial charge in [0.1, 0.15) is 5.76 Å². The fourth-order valence-corrected chi connectivity index (χ4v) is 1.53. The molecule has 2 rings (SSSR count). The van der Waals surface area contributed by atoms with Gasteiger partial charge >= 0.3 is 6.18 Å². The molecule has 90 valence electrons. The van der Waals surface area contributed by atoms with E-state index in [1.165, 1.54) is 6.07 Å². The summed E-state index contributed by atoms with van der Waals surface area (Å²) in [4.78, 5) is 0. The van der Waals surface area contributed by atoms with Crippen molar-refractivity contribution in [1.82, 2.24) is 0 Å². The number of alkyl halides is 3. The zero-order chi connectivity index (χ0) is 12.5. The van der Waals surface area contributed by atoms with Crippen molar-refractivity contribution in [2.45, 2.75) is 12.8 Å². The van der Waals surface area contributed by atoms with Gasteiger partial charge in [0.2, 0.25) is 5.76 Å². The van der Waals surface area contributed by atoms with Crippen molar-refractivity contribution in [2.24, 2.45) is 0 Å². The highest BCUT2D eigenvalue weighted by molar-refractivity contribution is 5.58. The van der Waals surface area contributed by atoms with Gasteiger partial charge in [-0.2, -0.15) is 13.2 Å². The van der Waals surface area contributed by atoms with Crippen LogP contribution in [-0.2, 0) is 12.8 Å². The number of hydrogen-bond acceptors (Lipinski definition) is 2. The van der Waals surface area contributed by atoms with Crippen molar-refractivity contribution in [3.8, 4) is 11.3 Å². The molecule has 5 heteroatoms. The van der Waals surface area contributed by atoms with E-state index >= 15 is 0 Å². The lowest BCUT2D eigenvalue weighted by Crippen LogP contribution is -2.06. The lowest BCUT2D eigenvalue weighted by molar-refractivity contribution is -0.153. The SMILES string of the molecule is OCc1cc(-c2ccccc2)oc1C(F)(F)F. The van der Waals surface area contributed by atoms with Crippen molar-refractivity contribution in [1.29, 1.82) is 0 Å². The van der Waals surface area contributed by atoms with Crippen LogP contribution in [0, 0.1) is 0 Å². The molecular formula is C12H9F3O2. The molecule has 1 N–H and O–H groups in total. The first-order valence-corrected chi connectivity index (χ1v) is 4.88. The molecule has 0 bridgehead atoms. The Morgan fingerprint density at radius 3 is 2.24 bits per heavy atom. The molecule has 0 aliphatic carbocycles. The maximum Gasteiger partial charge on any atom is 0.449 e. The van der Waals surface area contributed by atoms with E-state index < -0.39 is 18.5 Å². The highest BCUT2D eigenvalue weighted by atomic mass is 19.4. The van der Waals surface area contributed by atoms with Gasteiger partial charge < -0.3 is 9.52 Å². The van der Waals surface area contributed by atoms with Gasteiger partial charge in [-0.05, 0) is 6.07 Å². The average molecular weight is 242 g/mol. The van der Waals surface area contributed by atoms with Crippen LogP contribution in [0.2, 0.25) is 0 Å². The van der Waals surface area contributed by atoms with Gasteiger partial charge in [0.25, 0.3) is 0 Å². The minimum Gasteiger partial charge on any atom is -0.451 e. The second-order valence-corrected chi connectivity index (χ2v) is 3.49.